The predicted octanol–water partition coefficient (Wildman–Crippen LogP) is 5.91. The summed E-state index contributed by atoms with van der Waals surface area (Å²) in [6.07, 6.45) is 1.67. The van der Waals surface area contributed by atoms with E-state index in [1.165, 1.54) is 7.11 Å². The van der Waals surface area contributed by atoms with E-state index in [1.807, 2.05) is 18.2 Å². The van der Waals surface area contributed by atoms with E-state index >= 15 is 0 Å². The number of hydrogen-bond acceptors (Lipinski definition) is 6. The Bertz CT molecular complexity index is 1490. The molecule has 0 saturated carbocycles. The average Bonchev–Trinajstić information content (AvgIpc) is 3.02. The Hall–Kier alpha value is -3.73. The van der Waals surface area contributed by atoms with Crippen molar-refractivity contribution in [3.63, 3.8) is 0 Å². The van der Waals surface area contributed by atoms with Crippen LogP contribution in [0.15, 0.2) is 71.9 Å². The molecule has 4 aromatic rings. The number of esters is 1. The van der Waals surface area contributed by atoms with Crippen LogP contribution >= 0.6 is 22.6 Å². The number of halogens is 3. The van der Waals surface area contributed by atoms with E-state index in [4.69, 9.17) is 9.72 Å². The van der Waals surface area contributed by atoms with Crippen LogP contribution in [0.3, 0.4) is 0 Å². The Morgan fingerprint density at radius 1 is 1.00 bits per heavy atom. The van der Waals surface area contributed by atoms with E-state index in [0.29, 0.717) is 34.2 Å². The third kappa shape index (κ3) is 4.63. The molecule has 0 aliphatic carbocycles. The van der Waals surface area contributed by atoms with E-state index in [0.717, 1.165) is 32.9 Å². The molecule has 35 heavy (non-hydrogen) atoms. The summed E-state index contributed by atoms with van der Waals surface area (Å²) in [7, 11) is 1.33. The molecule has 0 fully saturated rings. The fourth-order valence-electron chi connectivity index (χ4n) is 3.83. The highest BCUT2D eigenvalue weighted by atomic mass is 127. The third-order valence-corrected chi connectivity index (χ3v) is 6.18. The van der Waals surface area contributed by atoms with E-state index in [9.17, 15) is 13.6 Å². The highest BCUT2D eigenvalue weighted by Crippen LogP contribution is 2.33. The summed E-state index contributed by atoms with van der Waals surface area (Å²) in [5, 5.41) is 3.14. The summed E-state index contributed by atoms with van der Waals surface area (Å²) in [5.41, 5.74) is 4.38. The molecular weight excluding hydrogens is 565 g/mol. The molecule has 0 saturated heterocycles. The van der Waals surface area contributed by atoms with Gasteiger partial charge in [0.1, 0.15) is 11.6 Å². The minimum Gasteiger partial charge on any atom is -0.465 e. The number of nitrogens with one attached hydrogen (secondary N) is 1. The van der Waals surface area contributed by atoms with Gasteiger partial charge in [-0.15, -0.1) is 0 Å². The number of rotatable bonds is 4. The number of carbonyl (C=O) groups is 1. The van der Waals surface area contributed by atoms with Crippen LogP contribution in [0.25, 0.3) is 11.3 Å². The van der Waals surface area contributed by atoms with Crippen LogP contribution in [0.4, 0.5) is 20.4 Å². The third-order valence-electron chi connectivity index (χ3n) is 5.51. The Labute approximate surface area is 213 Å². The maximum absolute atomic E-state index is 14.7. The molecule has 0 radical (unpaired) electrons. The topological polar surface area (TPSA) is 76.5 Å². The van der Waals surface area contributed by atoms with E-state index in [-0.39, 0.29) is 12.1 Å². The van der Waals surface area contributed by atoms with Gasteiger partial charge in [0.15, 0.2) is 0 Å². The minimum absolute atomic E-state index is 0.0954. The standard InChI is InChI=1S/C26H17F2IN4O2/c1-35-25(34)14-2-6-18(7-3-14)32-26-31-13-15-12-30-24(21-10-16(27)4-9-22(21)28)20-11-17(29)5-8-19(20)23(15)33-26/h2-11,13H,12H2,1H3,(H,31,32,33). The molecule has 0 atom stereocenters. The minimum atomic E-state index is -0.551. The lowest BCUT2D eigenvalue weighted by molar-refractivity contribution is 0.0601. The van der Waals surface area contributed by atoms with Crippen molar-refractivity contribution in [2.45, 2.75) is 6.54 Å². The summed E-state index contributed by atoms with van der Waals surface area (Å²) in [6.45, 7) is 0.208. The molecule has 0 bridgehead atoms. The van der Waals surface area contributed by atoms with Crippen molar-refractivity contribution < 1.29 is 18.3 Å². The Balaban J connectivity index is 1.55. The molecule has 5 rings (SSSR count). The molecule has 3 aromatic carbocycles. The van der Waals surface area contributed by atoms with E-state index in [1.54, 1.807) is 30.5 Å². The van der Waals surface area contributed by atoms with Crippen molar-refractivity contribution in [2.24, 2.45) is 4.99 Å². The van der Waals surface area contributed by atoms with Gasteiger partial charge in [-0.25, -0.2) is 23.5 Å². The lowest BCUT2D eigenvalue weighted by Gasteiger charge is -2.13. The van der Waals surface area contributed by atoms with E-state index in [2.05, 4.69) is 37.9 Å². The van der Waals surface area contributed by atoms with Crippen LogP contribution < -0.4 is 5.32 Å². The number of methoxy groups -OCH3 is 1. The quantitative estimate of drug-likeness (QED) is 0.239. The Kier molecular flexibility index (Phi) is 6.25. The summed E-state index contributed by atoms with van der Waals surface area (Å²) >= 11 is 2.17. The molecule has 174 valence electrons. The fourth-order valence-corrected chi connectivity index (χ4v) is 4.32. The number of anilines is 2. The Morgan fingerprint density at radius 2 is 1.80 bits per heavy atom. The number of fused-ring (bicyclic) bond motifs is 3. The van der Waals surface area contributed by atoms with Crippen LogP contribution in [0.5, 0.6) is 0 Å². The lowest BCUT2D eigenvalue weighted by Crippen LogP contribution is -2.08. The van der Waals surface area contributed by atoms with Crippen LogP contribution in [0, 0.1) is 15.2 Å². The first kappa shape index (κ1) is 23.0. The van der Waals surface area contributed by atoms with Crippen LogP contribution in [-0.2, 0) is 11.3 Å². The first-order valence-corrected chi connectivity index (χ1v) is 11.6. The second-order valence-electron chi connectivity index (χ2n) is 7.74. The smallest absolute Gasteiger partial charge is 0.337 e. The van der Waals surface area contributed by atoms with Crippen molar-refractivity contribution in [1.82, 2.24) is 9.97 Å². The first-order chi connectivity index (χ1) is 16.9. The average molecular weight is 582 g/mol. The van der Waals surface area contributed by atoms with Crippen molar-refractivity contribution in [3.05, 3.63) is 104 Å². The van der Waals surface area contributed by atoms with Gasteiger partial charge in [0, 0.05) is 37.7 Å². The molecule has 1 aromatic heterocycles. The number of hydrogen-bond donors (Lipinski definition) is 1. The lowest BCUT2D eigenvalue weighted by atomic mass is 9.95. The summed E-state index contributed by atoms with van der Waals surface area (Å²) in [4.78, 5) is 25.4. The van der Waals surface area contributed by atoms with Crippen LogP contribution in [-0.4, -0.2) is 28.8 Å². The van der Waals surface area contributed by atoms with Gasteiger partial charge in [0.25, 0.3) is 0 Å². The Morgan fingerprint density at radius 3 is 2.57 bits per heavy atom. The van der Waals surface area contributed by atoms with Crippen LogP contribution in [0.2, 0.25) is 0 Å². The maximum atomic E-state index is 14.7. The van der Waals surface area contributed by atoms with Gasteiger partial charge in [-0.1, -0.05) is 6.07 Å². The molecule has 0 spiro atoms. The largest absolute Gasteiger partial charge is 0.465 e. The second kappa shape index (κ2) is 9.49. The number of nitrogens with zero attached hydrogens (tertiary/aromatic N) is 3. The van der Waals surface area contributed by atoms with E-state index < -0.39 is 17.6 Å². The van der Waals surface area contributed by atoms with Gasteiger partial charge in [0.2, 0.25) is 5.95 Å². The monoisotopic (exact) mass is 582 g/mol. The SMILES string of the molecule is COC(=O)c1ccc(Nc2ncc3c(n2)-c2ccc(I)cc2C(c2cc(F)ccc2F)=NC3)cc1. The zero-order chi connectivity index (χ0) is 24.5. The van der Waals surface area contributed by atoms with Gasteiger partial charge in [-0.05, 0) is 77.2 Å². The van der Waals surface area contributed by atoms with Gasteiger partial charge in [0.05, 0.1) is 30.6 Å². The fraction of sp³-hybridized carbons (Fsp3) is 0.0769. The van der Waals surface area contributed by atoms with Crippen molar-refractivity contribution in [1.29, 1.82) is 0 Å². The van der Waals surface area contributed by atoms with Crippen LogP contribution in [0.1, 0.15) is 27.0 Å². The normalized spacial score (nSPS) is 12.2. The molecule has 0 unspecified atom stereocenters. The zero-order valence-electron chi connectivity index (χ0n) is 18.3. The molecular formula is C26H17F2IN4O2. The number of benzene rings is 3. The molecule has 6 nitrogen and oxygen atoms in total. The zero-order valence-corrected chi connectivity index (χ0v) is 20.5. The predicted molar refractivity (Wildman–Crippen MR) is 137 cm³/mol. The van der Waals surface area contributed by atoms with Crippen molar-refractivity contribution in [2.75, 3.05) is 12.4 Å². The van der Waals surface area contributed by atoms with Gasteiger partial charge < -0.3 is 10.1 Å². The molecule has 0 amide bonds. The number of ether oxygens (including phenoxy) is 1. The summed E-state index contributed by atoms with van der Waals surface area (Å²) < 4.78 is 34.3. The molecule has 1 aliphatic heterocycles. The number of carbonyl (C=O) groups excluding carboxylic acids is 1. The van der Waals surface area contributed by atoms with Crippen molar-refractivity contribution in [3.8, 4) is 11.3 Å². The maximum Gasteiger partial charge on any atom is 0.337 e. The summed E-state index contributed by atoms with van der Waals surface area (Å²) in [5.74, 6) is -1.17. The van der Waals surface area contributed by atoms with Gasteiger partial charge in [-0.2, -0.15) is 0 Å². The van der Waals surface area contributed by atoms with Gasteiger partial charge >= 0.3 is 5.97 Å². The highest BCUT2D eigenvalue weighted by Gasteiger charge is 2.23. The number of aliphatic imine (C=N–C) groups is 1. The summed E-state index contributed by atoms with van der Waals surface area (Å²) in [6, 6.07) is 15.8. The second-order valence-corrected chi connectivity index (χ2v) is 8.99. The molecule has 2 heterocycles. The number of aromatic nitrogens is 2. The van der Waals surface area contributed by atoms with Crippen molar-refractivity contribution >= 4 is 45.9 Å². The molecule has 9 heteroatoms. The first-order valence-electron chi connectivity index (χ1n) is 10.5. The molecule has 1 aliphatic rings. The highest BCUT2D eigenvalue weighted by molar-refractivity contribution is 14.1. The molecule has 1 N–H and O–H groups in total. The van der Waals surface area contributed by atoms with Gasteiger partial charge in [-0.3, -0.25) is 4.99 Å².